The van der Waals surface area contributed by atoms with E-state index in [2.05, 4.69) is 5.10 Å². The average Bonchev–Trinajstić information content (AvgIpc) is 2.59. The molecule has 4 nitrogen and oxygen atoms in total. The van der Waals surface area contributed by atoms with E-state index < -0.39 is 19.1 Å². The Hall–Kier alpha value is -1.17. The summed E-state index contributed by atoms with van der Waals surface area (Å²) in [4.78, 5) is 0. The minimum absolute atomic E-state index is 0.159. The lowest BCUT2D eigenvalue weighted by Crippen LogP contribution is -2.15. The lowest BCUT2D eigenvalue weighted by Gasteiger charge is -2.17. The van der Waals surface area contributed by atoms with E-state index in [4.69, 9.17) is 4.74 Å². The van der Waals surface area contributed by atoms with Gasteiger partial charge in [0.25, 0.3) is 6.43 Å². The number of alkyl halides is 2. The lowest BCUT2D eigenvalue weighted by atomic mass is 10.1. The van der Waals surface area contributed by atoms with Crippen LogP contribution in [-0.2, 0) is 6.54 Å². The zero-order chi connectivity index (χ0) is 10.8. The molecule has 2 rings (SSSR count). The Morgan fingerprint density at radius 2 is 2.47 bits per heavy atom. The molecule has 1 aromatic heterocycles. The summed E-state index contributed by atoms with van der Waals surface area (Å²) in [6.07, 6.45) is -1.55. The second kappa shape index (κ2) is 4.14. The molecule has 2 heterocycles. The van der Waals surface area contributed by atoms with Crippen LogP contribution in [0.3, 0.4) is 0 Å². The van der Waals surface area contributed by atoms with Gasteiger partial charge in [-0.05, 0) is 12.8 Å². The molecule has 0 amide bonds. The first-order valence-corrected chi connectivity index (χ1v) is 4.83. The number of hydrogen-bond donors (Lipinski definition) is 1. The van der Waals surface area contributed by atoms with Crippen LogP contribution in [0.15, 0.2) is 6.07 Å². The third kappa shape index (κ3) is 2.26. The Kier molecular flexibility index (Phi) is 2.86. The highest BCUT2D eigenvalue weighted by Crippen LogP contribution is 2.27. The molecular weight excluding hydrogens is 206 g/mol. The molecule has 15 heavy (non-hydrogen) atoms. The van der Waals surface area contributed by atoms with Crippen molar-refractivity contribution in [1.29, 1.82) is 0 Å². The molecule has 0 saturated heterocycles. The van der Waals surface area contributed by atoms with Crippen LogP contribution in [0.2, 0.25) is 0 Å². The SMILES string of the molecule is OC1CCCn2nc(OCC(F)F)cc21. The highest BCUT2D eigenvalue weighted by Gasteiger charge is 2.21. The largest absolute Gasteiger partial charge is 0.471 e. The highest BCUT2D eigenvalue weighted by atomic mass is 19.3. The molecule has 84 valence electrons. The Morgan fingerprint density at radius 1 is 1.67 bits per heavy atom. The number of rotatable bonds is 3. The standard InChI is InChI=1S/C9H12F2N2O2/c10-8(11)5-15-9-4-6-7(14)2-1-3-13(6)12-9/h4,7-8,14H,1-3,5H2. The smallest absolute Gasteiger partial charge is 0.272 e. The molecule has 0 fully saturated rings. The number of fused-ring (bicyclic) bond motifs is 1. The third-order valence-electron chi connectivity index (χ3n) is 2.33. The number of hydrogen-bond acceptors (Lipinski definition) is 3. The van der Waals surface area contributed by atoms with Gasteiger partial charge in [0.15, 0.2) is 6.61 Å². The van der Waals surface area contributed by atoms with Crippen molar-refractivity contribution < 1.29 is 18.6 Å². The second-order valence-electron chi connectivity index (χ2n) is 3.49. The number of aliphatic hydroxyl groups excluding tert-OH is 1. The van der Waals surface area contributed by atoms with E-state index in [1.54, 1.807) is 4.68 Å². The van der Waals surface area contributed by atoms with Crippen LogP contribution in [0, 0.1) is 0 Å². The Morgan fingerprint density at radius 3 is 3.13 bits per heavy atom. The molecule has 1 unspecified atom stereocenters. The topological polar surface area (TPSA) is 47.3 Å². The minimum atomic E-state index is -2.51. The van der Waals surface area contributed by atoms with Crippen molar-refractivity contribution in [2.24, 2.45) is 0 Å². The van der Waals surface area contributed by atoms with Crippen molar-refractivity contribution in [3.05, 3.63) is 11.8 Å². The summed E-state index contributed by atoms with van der Waals surface area (Å²) in [5.74, 6) is 0.159. The van der Waals surface area contributed by atoms with Crippen LogP contribution in [0.4, 0.5) is 8.78 Å². The molecule has 0 aromatic carbocycles. The number of aryl methyl sites for hydroxylation is 1. The van der Waals surface area contributed by atoms with E-state index in [9.17, 15) is 13.9 Å². The van der Waals surface area contributed by atoms with Gasteiger partial charge in [-0.1, -0.05) is 0 Å². The number of aromatic nitrogens is 2. The quantitative estimate of drug-likeness (QED) is 0.833. The van der Waals surface area contributed by atoms with Crippen molar-refractivity contribution in [2.75, 3.05) is 6.61 Å². The zero-order valence-corrected chi connectivity index (χ0v) is 8.07. The average molecular weight is 218 g/mol. The maximum atomic E-state index is 11.9. The third-order valence-corrected chi connectivity index (χ3v) is 2.33. The Balaban J connectivity index is 2.08. The maximum Gasteiger partial charge on any atom is 0.272 e. The van der Waals surface area contributed by atoms with Crippen LogP contribution in [-0.4, -0.2) is 27.9 Å². The van der Waals surface area contributed by atoms with Crippen LogP contribution in [0.5, 0.6) is 5.88 Å². The highest BCUT2D eigenvalue weighted by molar-refractivity contribution is 5.18. The first kappa shape index (κ1) is 10.4. The monoisotopic (exact) mass is 218 g/mol. The summed E-state index contributed by atoms with van der Waals surface area (Å²) in [5, 5.41) is 13.6. The first-order valence-electron chi connectivity index (χ1n) is 4.83. The summed E-state index contributed by atoms with van der Waals surface area (Å²) in [6.45, 7) is 0.0387. The van der Waals surface area contributed by atoms with Gasteiger partial charge in [-0.15, -0.1) is 5.10 Å². The van der Waals surface area contributed by atoms with Crippen molar-refractivity contribution in [2.45, 2.75) is 31.9 Å². The van der Waals surface area contributed by atoms with Gasteiger partial charge < -0.3 is 9.84 Å². The van der Waals surface area contributed by atoms with E-state index >= 15 is 0 Å². The molecular formula is C9H12F2N2O2. The van der Waals surface area contributed by atoms with Crippen LogP contribution in [0.25, 0.3) is 0 Å². The number of halogens is 2. The van der Waals surface area contributed by atoms with Gasteiger partial charge in [0, 0.05) is 12.6 Å². The van der Waals surface area contributed by atoms with E-state index in [1.165, 1.54) is 6.07 Å². The van der Waals surface area contributed by atoms with Gasteiger partial charge in [-0.2, -0.15) is 0 Å². The Bertz CT molecular complexity index is 341. The zero-order valence-electron chi connectivity index (χ0n) is 8.07. The first-order chi connectivity index (χ1) is 7.16. The van der Waals surface area contributed by atoms with Crippen molar-refractivity contribution in [3.63, 3.8) is 0 Å². The normalized spacial score (nSPS) is 20.4. The van der Waals surface area contributed by atoms with E-state index in [1.807, 2.05) is 0 Å². The van der Waals surface area contributed by atoms with Crippen molar-refractivity contribution in [1.82, 2.24) is 9.78 Å². The molecule has 0 bridgehead atoms. The van der Waals surface area contributed by atoms with Crippen molar-refractivity contribution >= 4 is 0 Å². The Labute approximate surface area is 85.5 Å². The van der Waals surface area contributed by atoms with E-state index in [0.717, 1.165) is 6.42 Å². The van der Waals surface area contributed by atoms with Crippen LogP contribution >= 0.6 is 0 Å². The molecule has 1 aliphatic rings. The summed E-state index contributed by atoms with van der Waals surface area (Å²) in [5.41, 5.74) is 0.644. The number of ether oxygens (including phenoxy) is 1. The number of aliphatic hydroxyl groups is 1. The summed E-state index contributed by atoms with van der Waals surface area (Å²) < 4.78 is 30.1. The molecule has 6 heteroatoms. The van der Waals surface area contributed by atoms with Gasteiger partial charge in [-0.3, -0.25) is 4.68 Å². The molecule has 0 aliphatic carbocycles. The molecule has 1 aromatic rings. The van der Waals surface area contributed by atoms with Gasteiger partial charge in [-0.25, -0.2) is 8.78 Å². The molecule has 0 saturated carbocycles. The fraction of sp³-hybridized carbons (Fsp3) is 0.667. The predicted molar refractivity (Wildman–Crippen MR) is 47.9 cm³/mol. The molecule has 1 atom stereocenters. The van der Waals surface area contributed by atoms with E-state index in [0.29, 0.717) is 18.7 Å². The molecule has 0 spiro atoms. The van der Waals surface area contributed by atoms with Gasteiger partial charge >= 0.3 is 0 Å². The van der Waals surface area contributed by atoms with E-state index in [-0.39, 0.29) is 5.88 Å². The van der Waals surface area contributed by atoms with Crippen LogP contribution < -0.4 is 4.74 Å². The van der Waals surface area contributed by atoms with Crippen molar-refractivity contribution in [3.8, 4) is 5.88 Å². The van der Waals surface area contributed by atoms with Gasteiger partial charge in [0.1, 0.15) is 0 Å². The summed E-state index contributed by atoms with van der Waals surface area (Å²) in [7, 11) is 0. The minimum Gasteiger partial charge on any atom is -0.471 e. The molecule has 1 N–H and O–H groups in total. The second-order valence-corrected chi connectivity index (χ2v) is 3.49. The maximum absolute atomic E-state index is 11.9. The molecule has 1 aliphatic heterocycles. The predicted octanol–water partition coefficient (Wildman–Crippen LogP) is 1.35. The van der Waals surface area contributed by atoms with Gasteiger partial charge in [0.2, 0.25) is 5.88 Å². The van der Waals surface area contributed by atoms with Crippen LogP contribution in [0.1, 0.15) is 24.6 Å². The molecule has 0 radical (unpaired) electrons. The fourth-order valence-electron chi connectivity index (χ4n) is 1.66. The van der Waals surface area contributed by atoms with Gasteiger partial charge in [0.05, 0.1) is 11.8 Å². The number of nitrogens with zero attached hydrogens (tertiary/aromatic N) is 2. The summed E-state index contributed by atoms with van der Waals surface area (Å²) >= 11 is 0. The lowest BCUT2D eigenvalue weighted by molar-refractivity contribution is 0.0791. The fourth-order valence-corrected chi connectivity index (χ4v) is 1.66. The summed E-state index contributed by atoms with van der Waals surface area (Å²) in [6, 6.07) is 1.52.